The molecule has 0 unspecified atom stereocenters. The molecule has 0 radical (unpaired) electrons. The SMILES string of the molecule is O=C([O-])CCC(=O)[O-].[Ca+2].[H-].[H-].[Na+].[Na+]. The van der Waals surface area contributed by atoms with E-state index in [0.717, 1.165) is 0 Å². The molecular formula is C4H6CaNa2O4. The Morgan fingerprint density at radius 2 is 1.18 bits per heavy atom. The Balaban J connectivity index is -0.0000000245. The smallest absolute Gasteiger partial charge is 1.00 e. The third kappa shape index (κ3) is 24.5. The zero-order chi connectivity index (χ0) is 6.57. The van der Waals surface area contributed by atoms with Crippen molar-refractivity contribution in [3.63, 3.8) is 0 Å². The molecule has 0 fully saturated rings. The number of carbonyl (C=O) groups is 2. The van der Waals surface area contributed by atoms with Crippen LogP contribution in [0.5, 0.6) is 0 Å². The maximum absolute atomic E-state index is 9.50. The molecule has 0 N–H and O–H groups in total. The monoisotopic (exact) mass is 204 g/mol. The Kier molecular flexibility index (Phi) is 31.0. The van der Waals surface area contributed by atoms with Gasteiger partial charge in [-0.3, -0.25) is 0 Å². The fourth-order valence-corrected chi connectivity index (χ4v) is 0.204. The van der Waals surface area contributed by atoms with Crippen molar-refractivity contribution in [2.45, 2.75) is 12.8 Å². The van der Waals surface area contributed by atoms with E-state index in [1.165, 1.54) is 0 Å². The van der Waals surface area contributed by atoms with E-state index in [9.17, 15) is 19.8 Å². The summed E-state index contributed by atoms with van der Waals surface area (Å²) in [5.74, 6) is -2.73. The summed E-state index contributed by atoms with van der Waals surface area (Å²) in [6.45, 7) is 0. The van der Waals surface area contributed by atoms with Gasteiger partial charge >= 0.3 is 96.9 Å². The molecular weight excluding hydrogens is 198 g/mol. The van der Waals surface area contributed by atoms with Crippen LogP contribution in [0.15, 0.2) is 0 Å². The number of carbonyl (C=O) groups excluding carboxylic acids is 2. The van der Waals surface area contributed by atoms with Crippen LogP contribution in [0.3, 0.4) is 0 Å². The largest absolute Gasteiger partial charge is 2.00 e. The molecule has 0 aliphatic carbocycles. The second-order valence-electron chi connectivity index (χ2n) is 1.24. The maximum atomic E-state index is 9.50. The van der Waals surface area contributed by atoms with Crippen LogP contribution in [-0.4, -0.2) is 49.7 Å². The summed E-state index contributed by atoms with van der Waals surface area (Å²) in [7, 11) is 0. The van der Waals surface area contributed by atoms with Gasteiger partial charge in [0.15, 0.2) is 0 Å². The van der Waals surface area contributed by atoms with E-state index in [4.69, 9.17) is 0 Å². The van der Waals surface area contributed by atoms with Crippen LogP contribution in [0.2, 0.25) is 0 Å². The normalized spacial score (nSPS) is 6.18. The fraction of sp³-hybridized carbons (Fsp3) is 0.500. The summed E-state index contributed by atoms with van der Waals surface area (Å²) in [5, 5.41) is 19.0. The summed E-state index contributed by atoms with van der Waals surface area (Å²) in [6, 6.07) is 0. The molecule has 4 nitrogen and oxygen atoms in total. The Morgan fingerprint density at radius 1 is 1.00 bits per heavy atom. The van der Waals surface area contributed by atoms with Crippen LogP contribution in [0.25, 0.3) is 0 Å². The number of aliphatic carboxylic acids is 2. The zero-order valence-corrected chi connectivity index (χ0v) is 13.0. The van der Waals surface area contributed by atoms with E-state index in [0.29, 0.717) is 0 Å². The molecule has 0 aromatic carbocycles. The first kappa shape index (κ1) is 23.2. The van der Waals surface area contributed by atoms with Crippen molar-refractivity contribution in [2.75, 3.05) is 0 Å². The van der Waals surface area contributed by atoms with Crippen molar-refractivity contribution in [3.05, 3.63) is 0 Å². The van der Waals surface area contributed by atoms with E-state index in [1.54, 1.807) is 0 Å². The molecule has 50 valence electrons. The molecule has 0 bridgehead atoms. The van der Waals surface area contributed by atoms with Gasteiger partial charge in [0.05, 0.1) is 0 Å². The third-order valence-corrected chi connectivity index (χ3v) is 0.533. The molecule has 7 heteroatoms. The quantitative estimate of drug-likeness (QED) is 0.427. The van der Waals surface area contributed by atoms with E-state index in [2.05, 4.69) is 0 Å². The number of carboxylic acid groups (broad SMARTS) is 2. The number of hydrogen-bond donors (Lipinski definition) is 0. The topological polar surface area (TPSA) is 80.3 Å². The molecule has 11 heavy (non-hydrogen) atoms. The molecule has 0 aromatic heterocycles. The number of hydrogen-bond acceptors (Lipinski definition) is 4. The van der Waals surface area contributed by atoms with E-state index in [1.807, 2.05) is 0 Å². The summed E-state index contributed by atoms with van der Waals surface area (Å²) < 4.78 is 0. The molecule has 0 rings (SSSR count). The van der Waals surface area contributed by atoms with Crippen LogP contribution < -0.4 is 69.3 Å². The minimum Gasteiger partial charge on any atom is -1.00 e. The Labute approximate surface area is 142 Å². The first-order valence-corrected chi connectivity index (χ1v) is 2.02. The van der Waals surface area contributed by atoms with Crippen LogP contribution in [0.1, 0.15) is 15.7 Å². The average molecular weight is 204 g/mol. The summed E-state index contributed by atoms with van der Waals surface area (Å²) >= 11 is 0. The van der Waals surface area contributed by atoms with E-state index >= 15 is 0 Å². The minimum absolute atomic E-state index is 0. The van der Waals surface area contributed by atoms with Gasteiger partial charge in [-0.15, -0.1) is 0 Å². The van der Waals surface area contributed by atoms with Crippen LogP contribution in [0, 0.1) is 0 Å². The van der Waals surface area contributed by atoms with Gasteiger partial charge in [-0.05, 0) is 12.8 Å². The van der Waals surface area contributed by atoms with Crippen molar-refractivity contribution in [1.82, 2.24) is 0 Å². The summed E-state index contributed by atoms with van der Waals surface area (Å²) in [6.07, 6.45) is -0.940. The van der Waals surface area contributed by atoms with Crippen LogP contribution >= 0.6 is 0 Å². The van der Waals surface area contributed by atoms with Crippen molar-refractivity contribution >= 4 is 49.7 Å². The third-order valence-electron chi connectivity index (χ3n) is 0.533. The van der Waals surface area contributed by atoms with E-state index < -0.39 is 24.8 Å². The number of carboxylic acids is 2. The minimum atomic E-state index is -1.37. The average Bonchev–Trinajstić information content (AvgIpc) is 1.61. The molecule has 0 atom stereocenters. The molecule has 0 saturated heterocycles. The van der Waals surface area contributed by atoms with Gasteiger partial charge in [-0.2, -0.15) is 0 Å². The Bertz CT molecular complexity index is 113. The summed E-state index contributed by atoms with van der Waals surface area (Å²) in [5.41, 5.74) is 0. The van der Waals surface area contributed by atoms with Gasteiger partial charge in [-0.25, -0.2) is 0 Å². The number of rotatable bonds is 3. The zero-order valence-electron chi connectivity index (χ0n) is 8.75. The van der Waals surface area contributed by atoms with Crippen molar-refractivity contribution in [3.8, 4) is 0 Å². The van der Waals surface area contributed by atoms with Gasteiger partial charge in [0.2, 0.25) is 0 Å². The molecule has 0 heterocycles. The molecule has 0 amide bonds. The molecule has 0 saturated carbocycles. The van der Waals surface area contributed by atoms with Gasteiger partial charge < -0.3 is 22.7 Å². The first-order valence-electron chi connectivity index (χ1n) is 2.02. The predicted octanol–water partition coefficient (Wildman–Crippen LogP) is -8.88. The van der Waals surface area contributed by atoms with Crippen LogP contribution in [-0.2, 0) is 9.59 Å². The molecule has 0 aliphatic rings. The second kappa shape index (κ2) is 14.7. The van der Waals surface area contributed by atoms with Gasteiger partial charge in [0.25, 0.3) is 0 Å². The van der Waals surface area contributed by atoms with Gasteiger partial charge in [-0.1, -0.05) is 0 Å². The Morgan fingerprint density at radius 3 is 1.27 bits per heavy atom. The maximum Gasteiger partial charge on any atom is 2.00 e. The molecule has 0 spiro atoms. The van der Waals surface area contributed by atoms with Gasteiger partial charge in [0, 0.05) is 11.9 Å². The molecule has 0 aromatic rings. The second-order valence-corrected chi connectivity index (χ2v) is 1.24. The first-order chi connectivity index (χ1) is 3.63. The van der Waals surface area contributed by atoms with Crippen molar-refractivity contribution < 1.29 is 81.8 Å². The van der Waals surface area contributed by atoms with Gasteiger partial charge in [0.1, 0.15) is 0 Å². The standard InChI is InChI=1S/C4H6O4.Ca.2Na.2H/c5-3(6)1-2-4(7)8;;;;;/h1-2H2,(H,5,6)(H,7,8);;;;;/q;+2;2*+1;2*-1/p-2. The fourth-order valence-electron chi connectivity index (χ4n) is 0.204. The summed E-state index contributed by atoms with van der Waals surface area (Å²) in [4.78, 5) is 19.0. The van der Waals surface area contributed by atoms with Crippen molar-refractivity contribution in [2.24, 2.45) is 0 Å². The van der Waals surface area contributed by atoms with Crippen molar-refractivity contribution in [1.29, 1.82) is 0 Å². The van der Waals surface area contributed by atoms with Crippen LogP contribution in [0.4, 0.5) is 0 Å². The Hall–Kier alpha value is 2.20. The van der Waals surface area contributed by atoms with E-state index in [-0.39, 0.29) is 99.7 Å². The molecule has 0 aliphatic heterocycles. The predicted molar refractivity (Wildman–Crippen MR) is 27.2 cm³/mol.